The molecule has 162 valence electrons. The van der Waals surface area contributed by atoms with E-state index in [1.807, 2.05) is 11.8 Å². The maximum Gasteiger partial charge on any atom is 0.222 e. The molecule has 3 atom stereocenters. The Kier molecular flexibility index (Phi) is 8.32. The minimum atomic E-state index is 0.232. The highest BCUT2D eigenvalue weighted by molar-refractivity contribution is 7.10. The van der Waals surface area contributed by atoms with Crippen molar-refractivity contribution in [3.63, 3.8) is 0 Å². The van der Waals surface area contributed by atoms with E-state index in [0.717, 1.165) is 51.7 Å². The van der Waals surface area contributed by atoms with E-state index in [-0.39, 0.29) is 24.1 Å². The lowest BCUT2D eigenvalue weighted by atomic mass is 10.1. The quantitative estimate of drug-likeness (QED) is 0.521. The van der Waals surface area contributed by atoms with E-state index in [0.29, 0.717) is 13.0 Å². The number of aliphatic imine (C=N–C) groups is 1. The minimum Gasteiger partial charge on any atom is -0.376 e. The molecule has 3 rings (SSSR count). The SMILES string of the molecule is CCNC(=NCC(c1cccs1)N1CCOC(C)C1)NC1CCN(C(=O)CC)C1. The zero-order valence-corrected chi connectivity index (χ0v) is 18.7. The summed E-state index contributed by atoms with van der Waals surface area (Å²) in [6.45, 7) is 11.9. The van der Waals surface area contributed by atoms with Gasteiger partial charge >= 0.3 is 0 Å². The topological polar surface area (TPSA) is 69.2 Å². The molecule has 8 heteroatoms. The first-order valence-electron chi connectivity index (χ1n) is 10.8. The van der Waals surface area contributed by atoms with E-state index in [1.54, 1.807) is 11.3 Å². The van der Waals surface area contributed by atoms with Gasteiger partial charge in [-0.05, 0) is 31.7 Å². The monoisotopic (exact) mass is 421 g/mol. The second-order valence-corrected chi connectivity index (χ2v) is 8.73. The van der Waals surface area contributed by atoms with E-state index in [1.165, 1.54) is 4.88 Å². The first-order valence-corrected chi connectivity index (χ1v) is 11.7. The minimum absolute atomic E-state index is 0.232. The summed E-state index contributed by atoms with van der Waals surface area (Å²) in [5, 5.41) is 9.06. The highest BCUT2D eigenvalue weighted by Gasteiger charge is 2.28. The van der Waals surface area contributed by atoms with Crippen LogP contribution in [-0.4, -0.2) is 79.7 Å². The summed E-state index contributed by atoms with van der Waals surface area (Å²) in [5.74, 6) is 1.07. The third-order valence-corrected chi connectivity index (χ3v) is 6.51. The molecular weight excluding hydrogens is 386 g/mol. The molecule has 0 radical (unpaired) electrons. The fraction of sp³-hybridized carbons (Fsp3) is 0.714. The Hall–Kier alpha value is -1.64. The zero-order valence-electron chi connectivity index (χ0n) is 17.9. The number of carbonyl (C=O) groups is 1. The summed E-state index contributed by atoms with van der Waals surface area (Å²) in [4.78, 5) is 22.7. The number of carbonyl (C=O) groups excluding carboxylic acids is 1. The van der Waals surface area contributed by atoms with Gasteiger partial charge in [0, 0.05) is 50.1 Å². The molecule has 2 saturated heterocycles. The molecule has 1 aromatic rings. The van der Waals surface area contributed by atoms with Crippen LogP contribution in [0.25, 0.3) is 0 Å². The Labute approximate surface area is 178 Å². The maximum atomic E-state index is 12.0. The van der Waals surface area contributed by atoms with Crippen LogP contribution in [0.15, 0.2) is 22.5 Å². The second-order valence-electron chi connectivity index (χ2n) is 7.75. The van der Waals surface area contributed by atoms with Gasteiger partial charge in [-0.15, -0.1) is 11.3 Å². The Morgan fingerprint density at radius 2 is 2.24 bits per heavy atom. The second kappa shape index (κ2) is 10.9. The van der Waals surface area contributed by atoms with Gasteiger partial charge in [0.15, 0.2) is 5.96 Å². The molecule has 0 spiro atoms. The maximum absolute atomic E-state index is 12.0. The van der Waals surface area contributed by atoms with Gasteiger partial charge in [-0.2, -0.15) is 0 Å². The number of nitrogens with zero attached hydrogens (tertiary/aromatic N) is 3. The van der Waals surface area contributed by atoms with Crippen molar-refractivity contribution in [2.75, 3.05) is 45.9 Å². The highest BCUT2D eigenvalue weighted by atomic mass is 32.1. The van der Waals surface area contributed by atoms with E-state index in [2.05, 4.69) is 46.9 Å². The average Bonchev–Trinajstić information content (AvgIpc) is 3.40. The van der Waals surface area contributed by atoms with Crippen LogP contribution in [0.2, 0.25) is 0 Å². The number of amides is 1. The van der Waals surface area contributed by atoms with Crippen LogP contribution in [0.5, 0.6) is 0 Å². The molecule has 0 saturated carbocycles. The first kappa shape index (κ1) is 22.1. The van der Waals surface area contributed by atoms with Crippen molar-refractivity contribution in [2.45, 2.75) is 51.8 Å². The van der Waals surface area contributed by atoms with E-state index in [4.69, 9.17) is 9.73 Å². The van der Waals surface area contributed by atoms with E-state index < -0.39 is 0 Å². The van der Waals surface area contributed by atoms with Gasteiger partial charge in [-0.3, -0.25) is 14.7 Å². The average molecular weight is 422 g/mol. The number of nitrogens with one attached hydrogen (secondary N) is 2. The van der Waals surface area contributed by atoms with Gasteiger partial charge in [0.2, 0.25) is 5.91 Å². The van der Waals surface area contributed by atoms with E-state index in [9.17, 15) is 4.79 Å². The number of likely N-dealkylation sites (tertiary alicyclic amines) is 1. The lowest BCUT2D eigenvalue weighted by molar-refractivity contribution is -0.129. The lowest BCUT2D eigenvalue weighted by Crippen LogP contribution is -2.46. The summed E-state index contributed by atoms with van der Waals surface area (Å²) < 4.78 is 5.74. The molecule has 3 unspecified atom stereocenters. The van der Waals surface area contributed by atoms with Crippen LogP contribution in [0.3, 0.4) is 0 Å². The normalized spacial score (nSPS) is 24.5. The number of rotatable bonds is 7. The Morgan fingerprint density at radius 3 is 2.93 bits per heavy atom. The van der Waals surface area contributed by atoms with Crippen molar-refractivity contribution >= 4 is 23.2 Å². The largest absolute Gasteiger partial charge is 0.376 e. The van der Waals surface area contributed by atoms with Gasteiger partial charge in [-0.25, -0.2) is 0 Å². The number of hydrogen-bond donors (Lipinski definition) is 2. The van der Waals surface area contributed by atoms with Crippen LogP contribution in [0.1, 0.15) is 44.5 Å². The predicted molar refractivity (Wildman–Crippen MR) is 118 cm³/mol. The van der Waals surface area contributed by atoms with Crippen LogP contribution >= 0.6 is 11.3 Å². The number of morpholine rings is 1. The van der Waals surface area contributed by atoms with Crippen molar-refractivity contribution in [3.8, 4) is 0 Å². The summed E-state index contributed by atoms with van der Waals surface area (Å²) >= 11 is 1.79. The molecule has 2 aliphatic rings. The summed E-state index contributed by atoms with van der Waals surface area (Å²) in [5.41, 5.74) is 0. The highest BCUT2D eigenvalue weighted by Crippen LogP contribution is 2.27. The van der Waals surface area contributed by atoms with Crippen molar-refractivity contribution in [2.24, 2.45) is 4.99 Å². The zero-order chi connectivity index (χ0) is 20.6. The Balaban J connectivity index is 1.65. The van der Waals surface area contributed by atoms with Crippen molar-refractivity contribution in [3.05, 3.63) is 22.4 Å². The number of thiophene rings is 1. The molecule has 2 aliphatic heterocycles. The third-order valence-electron chi connectivity index (χ3n) is 5.54. The van der Waals surface area contributed by atoms with Crippen LogP contribution < -0.4 is 10.6 Å². The summed E-state index contributed by atoms with van der Waals surface area (Å²) in [6.07, 6.45) is 1.79. The number of ether oxygens (including phenoxy) is 1. The molecule has 0 bridgehead atoms. The van der Waals surface area contributed by atoms with Gasteiger partial charge in [0.05, 0.1) is 25.3 Å². The molecule has 0 aromatic carbocycles. The fourth-order valence-electron chi connectivity index (χ4n) is 4.01. The molecule has 7 nitrogen and oxygen atoms in total. The molecule has 29 heavy (non-hydrogen) atoms. The summed E-state index contributed by atoms with van der Waals surface area (Å²) in [7, 11) is 0. The molecule has 3 heterocycles. The lowest BCUT2D eigenvalue weighted by Gasteiger charge is -2.36. The summed E-state index contributed by atoms with van der Waals surface area (Å²) in [6, 6.07) is 4.84. The van der Waals surface area contributed by atoms with Gasteiger partial charge in [0.25, 0.3) is 0 Å². The van der Waals surface area contributed by atoms with Gasteiger partial charge < -0.3 is 20.3 Å². The van der Waals surface area contributed by atoms with Crippen molar-refractivity contribution in [1.82, 2.24) is 20.4 Å². The smallest absolute Gasteiger partial charge is 0.222 e. The number of hydrogen-bond acceptors (Lipinski definition) is 5. The van der Waals surface area contributed by atoms with Crippen LogP contribution in [-0.2, 0) is 9.53 Å². The predicted octanol–water partition coefficient (Wildman–Crippen LogP) is 2.08. The molecule has 2 N–H and O–H groups in total. The standard InChI is InChI=1S/C21H35N5O2S/c1-4-20(27)26-9-8-17(15-26)24-21(22-5-2)23-13-18(19-7-6-12-29-19)25-10-11-28-16(3)14-25/h6-7,12,16-18H,4-5,8-11,13-15H2,1-3H3,(H2,22,23,24). The van der Waals surface area contributed by atoms with Crippen molar-refractivity contribution in [1.29, 1.82) is 0 Å². The first-order chi connectivity index (χ1) is 14.1. The fourth-order valence-corrected chi connectivity index (χ4v) is 4.87. The third kappa shape index (κ3) is 6.17. The van der Waals surface area contributed by atoms with Crippen molar-refractivity contribution < 1.29 is 9.53 Å². The Morgan fingerprint density at radius 1 is 1.38 bits per heavy atom. The molecular formula is C21H35N5O2S. The molecule has 1 amide bonds. The van der Waals surface area contributed by atoms with E-state index >= 15 is 0 Å². The van der Waals surface area contributed by atoms with Crippen LogP contribution in [0.4, 0.5) is 0 Å². The molecule has 0 aliphatic carbocycles. The number of guanidine groups is 1. The van der Waals surface area contributed by atoms with Gasteiger partial charge in [-0.1, -0.05) is 13.0 Å². The van der Waals surface area contributed by atoms with Crippen LogP contribution in [0, 0.1) is 0 Å². The Bertz CT molecular complexity index is 666. The molecule has 1 aromatic heterocycles. The van der Waals surface area contributed by atoms with Gasteiger partial charge in [0.1, 0.15) is 0 Å². The molecule has 2 fully saturated rings.